The molecule has 1 heterocycles. The third-order valence-corrected chi connectivity index (χ3v) is 4.53. The van der Waals surface area contributed by atoms with Crippen LogP contribution in [-0.2, 0) is 6.18 Å². The summed E-state index contributed by atoms with van der Waals surface area (Å²) in [5, 5.41) is 2.65. The number of anilines is 1. The van der Waals surface area contributed by atoms with E-state index in [4.69, 9.17) is 5.73 Å². The quantitative estimate of drug-likeness (QED) is 0.677. The summed E-state index contributed by atoms with van der Waals surface area (Å²) in [5.74, 6) is -1.14. The van der Waals surface area contributed by atoms with E-state index < -0.39 is 23.6 Å². The van der Waals surface area contributed by atoms with Crippen LogP contribution in [0.15, 0.2) is 54.6 Å². The molecule has 8 heteroatoms. The maximum Gasteiger partial charge on any atom is 0.418 e. The Labute approximate surface area is 164 Å². The van der Waals surface area contributed by atoms with Gasteiger partial charge in [-0.2, -0.15) is 13.2 Å². The van der Waals surface area contributed by atoms with Crippen molar-refractivity contribution in [2.24, 2.45) is 5.73 Å². The summed E-state index contributed by atoms with van der Waals surface area (Å²) in [6, 6.07) is 12.8. The Morgan fingerprint density at radius 1 is 1.00 bits per heavy atom. The highest BCUT2D eigenvalue weighted by atomic mass is 19.4. The van der Waals surface area contributed by atoms with Gasteiger partial charge in [0.2, 0.25) is 5.91 Å². The number of halogens is 3. The Kier molecular flexibility index (Phi) is 5.19. The van der Waals surface area contributed by atoms with Crippen LogP contribution in [0.1, 0.15) is 37.7 Å². The smallest absolute Gasteiger partial charge is 0.366 e. The van der Waals surface area contributed by atoms with Crippen molar-refractivity contribution in [2.45, 2.75) is 20.0 Å². The Morgan fingerprint density at radius 3 is 2.34 bits per heavy atom. The standard InChI is InChI=1S/C21H18F3N3O2/c1-12-10-16(20(29)26-15-7-5-6-14(11-15)19(25)28)13(2)27(12)18-9-4-3-8-17(18)21(22,23)24/h3-11H,1-2H3,(H2,25,28)(H,26,29). The van der Waals surface area contributed by atoms with Crippen molar-refractivity contribution >= 4 is 17.5 Å². The summed E-state index contributed by atoms with van der Waals surface area (Å²) in [4.78, 5) is 24.0. The van der Waals surface area contributed by atoms with Crippen LogP contribution in [0.25, 0.3) is 5.69 Å². The molecule has 3 N–H and O–H groups in total. The lowest BCUT2D eigenvalue weighted by Gasteiger charge is -2.16. The van der Waals surface area contributed by atoms with Crippen molar-refractivity contribution < 1.29 is 22.8 Å². The van der Waals surface area contributed by atoms with E-state index in [1.165, 1.54) is 41.0 Å². The molecule has 0 fully saturated rings. The van der Waals surface area contributed by atoms with Gasteiger partial charge in [0.1, 0.15) is 0 Å². The summed E-state index contributed by atoms with van der Waals surface area (Å²) in [6.07, 6.45) is -4.53. The lowest BCUT2D eigenvalue weighted by atomic mass is 10.1. The van der Waals surface area contributed by atoms with Crippen LogP contribution in [0.2, 0.25) is 0 Å². The third kappa shape index (κ3) is 4.01. The van der Waals surface area contributed by atoms with Gasteiger partial charge in [-0.1, -0.05) is 18.2 Å². The molecule has 0 atom stereocenters. The first-order chi connectivity index (χ1) is 13.6. The molecule has 3 rings (SSSR count). The molecule has 5 nitrogen and oxygen atoms in total. The van der Waals surface area contributed by atoms with Gasteiger partial charge in [0.05, 0.1) is 16.8 Å². The summed E-state index contributed by atoms with van der Waals surface area (Å²) >= 11 is 0. The first kappa shape index (κ1) is 20.2. The number of nitrogens with one attached hydrogen (secondary N) is 1. The molecular weight excluding hydrogens is 383 g/mol. The highest BCUT2D eigenvalue weighted by Crippen LogP contribution is 2.35. The van der Waals surface area contributed by atoms with Crippen LogP contribution in [-0.4, -0.2) is 16.4 Å². The van der Waals surface area contributed by atoms with E-state index in [2.05, 4.69) is 5.32 Å². The Hall–Kier alpha value is -3.55. The lowest BCUT2D eigenvalue weighted by Crippen LogP contribution is -2.16. The molecule has 0 radical (unpaired) electrons. The van der Waals surface area contributed by atoms with E-state index in [1.807, 2.05) is 0 Å². The molecule has 2 amide bonds. The number of rotatable bonds is 4. The largest absolute Gasteiger partial charge is 0.418 e. The van der Waals surface area contributed by atoms with Crippen molar-refractivity contribution in [3.63, 3.8) is 0 Å². The fourth-order valence-electron chi connectivity index (χ4n) is 3.22. The Morgan fingerprint density at radius 2 is 1.69 bits per heavy atom. The minimum atomic E-state index is -4.53. The fraction of sp³-hybridized carbons (Fsp3) is 0.143. The van der Waals surface area contributed by atoms with E-state index in [-0.39, 0.29) is 16.8 Å². The molecule has 0 aliphatic rings. The van der Waals surface area contributed by atoms with E-state index in [1.54, 1.807) is 26.0 Å². The fourth-order valence-corrected chi connectivity index (χ4v) is 3.22. The number of carbonyl (C=O) groups is 2. The van der Waals surface area contributed by atoms with E-state index in [0.29, 0.717) is 17.1 Å². The molecule has 0 aliphatic carbocycles. The van der Waals surface area contributed by atoms with Gasteiger partial charge in [-0.3, -0.25) is 9.59 Å². The normalized spacial score (nSPS) is 11.3. The second-order valence-corrected chi connectivity index (χ2v) is 6.53. The molecule has 1 aromatic heterocycles. The van der Waals surface area contributed by atoms with Gasteiger partial charge in [0.15, 0.2) is 0 Å². The zero-order valence-corrected chi connectivity index (χ0v) is 15.7. The van der Waals surface area contributed by atoms with Crippen molar-refractivity contribution in [2.75, 3.05) is 5.32 Å². The number of hydrogen-bond donors (Lipinski definition) is 2. The maximum absolute atomic E-state index is 13.4. The number of para-hydroxylation sites is 1. The molecule has 3 aromatic rings. The minimum Gasteiger partial charge on any atom is -0.366 e. The van der Waals surface area contributed by atoms with E-state index in [9.17, 15) is 22.8 Å². The molecule has 0 saturated heterocycles. The first-order valence-electron chi connectivity index (χ1n) is 8.66. The minimum absolute atomic E-state index is 0.0511. The average Bonchev–Trinajstić information content (AvgIpc) is 2.95. The number of alkyl halides is 3. The van der Waals surface area contributed by atoms with Crippen LogP contribution in [0.3, 0.4) is 0 Å². The van der Waals surface area contributed by atoms with Crippen molar-refractivity contribution in [3.05, 3.63) is 82.7 Å². The number of primary amides is 1. The van der Waals surface area contributed by atoms with E-state index in [0.717, 1.165) is 6.07 Å². The zero-order valence-electron chi connectivity index (χ0n) is 15.7. The summed E-state index contributed by atoms with van der Waals surface area (Å²) in [6.45, 7) is 3.21. The van der Waals surface area contributed by atoms with Crippen molar-refractivity contribution in [1.29, 1.82) is 0 Å². The average molecular weight is 401 g/mol. The molecule has 29 heavy (non-hydrogen) atoms. The second kappa shape index (κ2) is 7.46. The second-order valence-electron chi connectivity index (χ2n) is 6.53. The summed E-state index contributed by atoms with van der Waals surface area (Å²) in [5.41, 5.74) is 6.05. The van der Waals surface area contributed by atoms with Crippen LogP contribution in [0.5, 0.6) is 0 Å². The van der Waals surface area contributed by atoms with Gasteiger partial charge >= 0.3 is 6.18 Å². The van der Waals surface area contributed by atoms with Crippen LogP contribution in [0, 0.1) is 13.8 Å². The lowest BCUT2D eigenvalue weighted by molar-refractivity contribution is -0.137. The van der Waals surface area contributed by atoms with Gasteiger partial charge in [-0.05, 0) is 50.2 Å². The molecule has 0 aliphatic heterocycles. The zero-order chi connectivity index (χ0) is 21.3. The highest BCUT2D eigenvalue weighted by molar-refractivity contribution is 6.06. The number of benzene rings is 2. The number of aryl methyl sites for hydroxylation is 1. The monoisotopic (exact) mass is 401 g/mol. The van der Waals surface area contributed by atoms with Gasteiger partial charge in [-0.15, -0.1) is 0 Å². The third-order valence-electron chi connectivity index (χ3n) is 4.53. The van der Waals surface area contributed by atoms with Gasteiger partial charge < -0.3 is 15.6 Å². The predicted molar refractivity (Wildman–Crippen MR) is 103 cm³/mol. The van der Waals surface area contributed by atoms with Crippen LogP contribution in [0.4, 0.5) is 18.9 Å². The number of aromatic nitrogens is 1. The molecule has 0 spiro atoms. The maximum atomic E-state index is 13.4. The van der Waals surface area contributed by atoms with Crippen LogP contribution < -0.4 is 11.1 Å². The Balaban J connectivity index is 2.00. The SMILES string of the molecule is Cc1cc(C(=O)Nc2cccc(C(N)=O)c2)c(C)n1-c1ccccc1C(F)(F)F. The molecule has 150 valence electrons. The van der Waals surface area contributed by atoms with Crippen molar-refractivity contribution in [1.82, 2.24) is 4.57 Å². The van der Waals surface area contributed by atoms with Crippen LogP contribution >= 0.6 is 0 Å². The number of nitrogens with zero attached hydrogens (tertiary/aromatic N) is 1. The topological polar surface area (TPSA) is 77.1 Å². The number of hydrogen-bond acceptors (Lipinski definition) is 2. The number of nitrogens with two attached hydrogens (primary N) is 1. The molecule has 0 bridgehead atoms. The number of amides is 2. The number of carbonyl (C=O) groups excluding carboxylic acids is 2. The predicted octanol–water partition coefficient (Wildman–Crippen LogP) is 4.46. The van der Waals surface area contributed by atoms with Gasteiger partial charge in [0, 0.05) is 22.6 Å². The van der Waals surface area contributed by atoms with Gasteiger partial charge in [-0.25, -0.2) is 0 Å². The molecule has 2 aromatic carbocycles. The van der Waals surface area contributed by atoms with E-state index >= 15 is 0 Å². The molecule has 0 unspecified atom stereocenters. The molecular formula is C21H18F3N3O2. The molecule has 0 saturated carbocycles. The summed E-state index contributed by atoms with van der Waals surface area (Å²) < 4.78 is 41.7. The Bertz CT molecular complexity index is 1100. The summed E-state index contributed by atoms with van der Waals surface area (Å²) in [7, 11) is 0. The van der Waals surface area contributed by atoms with Crippen molar-refractivity contribution in [3.8, 4) is 5.69 Å². The highest BCUT2D eigenvalue weighted by Gasteiger charge is 2.34. The van der Waals surface area contributed by atoms with Gasteiger partial charge in [0.25, 0.3) is 5.91 Å². The first-order valence-corrected chi connectivity index (χ1v) is 8.66.